The Morgan fingerprint density at radius 2 is 2.21 bits per heavy atom. The van der Waals surface area contributed by atoms with Gasteiger partial charge in [0, 0.05) is 18.3 Å². The zero-order valence-electron chi connectivity index (χ0n) is 8.66. The van der Waals surface area contributed by atoms with Crippen molar-refractivity contribution in [2.24, 2.45) is 11.7 Å². The van der Waals surface area contributed by atoms with Crippen LogP contribution in [0, 0.1) is 12.8 Å². The lowest BCUT2D eigenvalue weighted by atomic mass is 9.81. The molecule has 1 aliphatic rings. The van der Waals surface area contributed by atoms with Gasteiger partial charge in [-0.3, -0.25) is 0 Å². The molecule has 1 fully saturated rings. The molecule has 0 radical (unpaired) electrons. The first-order chi connectivity index (χ1) is 6.74. The summed E-state index contributed by atoms with van der Waals surface area (Å²) in [7, 11) is 0. The molecule has 1 aliphatic carbocycles. The van der Waals surface area contributed by atoms with Gasteiger partial charge in [-0.2, -0.15) is 0 Å². The van der Waals surface area contributed by atoms with Crippen molar-refractivity contribution in [2.75, 3.05) is 11.9 Å². The zero-order valence-corrected chi connectivity index (χ0v) is 8.66. The number of rotatable bonds is 3. The Morgan fingerprint density at radius 3 is 2.86 bits per heavy atom. The van der Waals surface area contributed by atoms with Crippen LogP contribution in [0.1, 0.15) is 18.4 Å². The first-order valence-electron chi connectivity index (χ1n) is 5.30. The molecule has 1 aromatic rings. The second kappa shape index (κ2) is 4.01. The van der Waals surface area contributed by atoms with Gasteiger partial charge in [0.2, 0.25) is 0 Å². The fourth-order valence-electron chi connectivity index (χ4n) is 1.97. The number of hydrogen-bond donors (Lipinski definition) is 2. The Morgan fingerprint density at radius 1 is 1.43 bits per heavy atom. The molecule has 0 heterocycles. The van der Waals surface area contributed by atoms with Crippen LogP contribution >= 0.6 is 0 Å². The minimum Gasteiger partial charge on any atom is -0.385 e. The molecule has 0 bridgehead atoms. The molecule has 0 unspecified atom stereocenters. The van der Waals surface area contributed by atoms with Gasteiger partial charge in [-0.15, -0.1) is 0 Å². The van der Waals surface area contributed by atoms with Gasteiger partial charge < -0.3 is 11.1 Å². The first kappa shape index (κ1) is 9.53. The third kappa shape index (κ3) is 2.26. The summed E-state index contributed by atoms with van der Waals surface area (Å²) < 4.78 is 0. The molecule has 1 aromatic carbocycles. The highest BCUT2D eigenvalue weighted by molar-refractivity contribution is 5.45. The normalized spacial score (nSPS) is 25.6. The third-order valence-corrected chi connectivity index (χ3v) is 2.89. The second-order valence-electron chi connectivity index (χ2n) is 4.35. The summed E-state index contributed by atoms with van der Waals surface area (Å²) >= 11 is 0. The molecule has 76 valence electrons. The number of nitrogens with two attached hydrogens (primary N) is 1. The van der Waals surface area contributed by atoms with Crippen LogP contribution in [0.25, 0.3) is 0 Å². The maximum atomic E-state index is 5.73. The zero-order chi connectivity index (χ0) is 9.97. The van der Waals surface area contributed by atoms with Crippen LogP contribution in [0.5, 0.6) is 0 Å². The predicted molar refractivity (Wildman–Crippen MR) is 60.4 cm³/mol. The molecule has 1 saturated carbocycles. The molecular formula is C12H18N2. The van der Waals surface area contributed by atoms with Gasteiger partial charge in [-0.1, -0.05) is 12.1 Å². The van der Waals surface area contributed by atoms with E-state index in [0.29, 0.717) is 6.04 Å². The topological polar surface area (TPSA) is 38.0 Å². The highest BCUT2D eigenvalue weighted by Crippen LogP contribution is 2.25. The highest BCUT2D eigenvalue weighted by Gasteiger charge is 2.25. The smallest absolute Gasteiger partial charge is 0.0342 e. The van der Waals surface area contributed by atoms with E-state index >= 15 is 0 Å². The standard InChI is InChI=1S/C12H18N2/c1-9-3-2-4-12(5-9)14-8-10-6-11(13)7-10/h2-5,10-11,14H,6-8,13H2,1H3. The first-order valence-corrected chi connectivity index (χ1v) is 5.30. The minimum absolute atomic E-state index is 0.458. The highest BCUT2D eigenvalue weighted by atomic mass is 14.9. The van der Waals surface area contributed by atoms with E-state index in [4.69, 9.17) is 5.73 Å². The maximum Gasteiger partial charge on any atom is 0.0342 e. The van der Waals surface area contributed by atoms with Crippen molar-refractivity contribution < 1.29 is 0 Å². The summed E-state index contributed by atoms with van der Waals surface area (Å²) in [6.45, 7) is 3.18. The van der Waals surface area contributed by atoms with Gasteiger partial charge in [-0.05, 0) is 43.4 Å². The monoisotopic (exact) mass is 190 g/mol. The van der Waals surface area contributed by atoms with Crippen molar-refractivity contribution in [1.82, 2.24) is 0 Å². The summed E-state index contributed by atoms with van der Waals surface area (Å²) in [5, 5.41) is 3.45. The molecule has 0 aromatic heterocycles. The van der Waals surface area contributed by atoms with E-state index in [1.807, 2.05) is 0 Å². The summed E-state index contributed by atoms with van der Waals surface area (Å²) in [5.41, 5.74) is 8.27. The lowest BCUT2D eigenvalue weighted by molar-refractivity contribution is 0.280. The van der Waals surface area contributed by atoms with Crippen molar-refractivity contribution in [1.29, 1.82) is 0 Å². The van der Waals surface area contributed by atoms with Crippen LogP contribution in [0.15, 0.2) is 24.3 Å². The van der Waals surface area contributed by atoms with Crippen LogP contribution in [0.2, 0.25) is 0 Å². The van der Waals surface area contributed by atoms with E-state index in [0.717, 1.165) is 12.5 Å². The van der Waals surface area contributed by atoms with E-state index in [9.17, 15) is 0 Å². The Kier molecular flexibility index (Phi) is 2.73. The van der Waals surface area contributed by atoms with Gasteiger partial charge in [0.05, 0.1) is 0 Å². The molecule has 0 aliphatic heterocycles. The summed E-state index contributed by atoms with van der Waals surface area (Å²) in [6, 6.07) is 8.96. The van der Waals surface area contributed by atoms with Crippen molar-refractivity contribution in [2.45, 2.75) is 25.8 Å². The fraction of sp³-hybridized carbons (Fsp3) is 0.500. The quantitative estimate of drug-likeness (QED) is 0.766. The lowest BCUT2D eigenvalue weighted by Crippen LogP contribution is -2.39. The average Bonchev–Trinajstić information content (AvgIpc) is 2.11. The largest absolute Gasteiger partial charge is 0.385 e. The molecule has 0 saturated heterocycles. The Balaban J connectivity index is 1.80. The van der Waals surface area contributed by atoms with Gasteiger partial charge in [0.25, 0.3) is 0 Å². The van der Waals surface area contributed by atoms with Gasteiger partial charge in [0.1, 0.15) is 0 Å². The summed E-state index contributed by atoms with van der Waals surface area (Å²) in [4.78, 5) is 0. The van der Waals surface area contributed by atoms with E-state index in [2.05, 4.69) is 36.5 Å². The Hall–Kier alpha value is -1.02. The van der Waals surface area contributed by atoms with Gasteiger partial charge in [0.15, 0.2) is 0 Å². The number of hydrogen-bond acceptors (Lipinski definition) is 2. The van der Waals surface area contributed by atoms with Crippen molar-refractivity contribution >= 4 is 5.69 Å². The van der Waals surface area contributed by atoms with E-state index in [-0.39, 0.29) is 0 Å². The molecule has 0 amide bonds. The molecule has 14 heavy (non-hydrogen) atoms. The number of nitrogens with one attached hydrogen (secondary N) is 1. The number of aryl methyl sites for hydroxylation is 1. The van der Waals surface area contributed by atoms with Gasteiger partial charge >= 0.3 is 0 Å². The van der Waals surface area contributed by atoms with Crippen LogP contribution in [0.3, 0.4) is 0 Å². The Labute approximate surface area is 85.5 Å². The molecule has 3 N–H and O–H groups in total. The van der Waals surface area contributed by atoms with Crippen LogP contribution < -0.4 is 11.1 Å². The Bertz CT molecular complexity index is 303. The maximum absolute atomic E-state index is 5.73. The molecular weight excluding hydrogens is 172 g/mol. The summed E-state index contributed by atoms with van der Waals surface area (Å²) in [6.07, 6.45) is 2.36. The molecule has 2 heteroatoms. The number of anilines is 1. The second-order valence-corrected chi connectivity index (χ2v) is 4.35. The average molecular weight is 190 g/mol. The molecule has 0 spiro atoms. The van der Waals surface area contributed by atoms with E-state index in [1.54, 1.807) is 0 Å². The molecule has 2 rings (SSSR count). The fourth-order valence-corrected chi connectivity index (χ4v) is 1.97. The van der Waals surface area contributed by atoms with E-state index < -0.39 is 0 Å². The number of benzene rings is 1. The van der Waals surface area contributed by atoms with Crippen LogP contribution in [-0.4, -0.2) is 12.6 Å². The van der Waals surface area contributed by atoms with Gasteiger partial charge in [-0.25, -0.2) is 0 Å². The minimum atomic E-state index is 0.458. The van der Waals surface area contributed by atoms with Crippen molar-refractivity contribution in [3.8, 4) is 0 Å². The lowest BCUT2D eigenvalue weighted by Gasteiger charge is -2.32. The van der Waals surface area contributed by atoms with Crippen molar-refractivity contribution in [3.05, 3.63) is 29.8 Å². The SMILES string of the molecule is Cc1cccc(NCC2CC(N)C2)c1. The van der Waals surface area contributed by atoms with Crippen LogP contribution in [0.4, 0.5) is 5.69 Å². The van der Waals surface area contributed by atoms with Crippen LogP contribution in [-0.2, 0) is 0 Å². The van der Waals surface area contributed by atoms with Crippen molar-refractivity contribution in [3.63, 3.8) is 0 Å². The molecule has 0 atom stereocenters. The van der Waals surface area contributed by atoms with E-state index in [1.165, 1.54) is 24.1 Å². The molecule has 2 nitrogen and oxygen atoms in total. The summed E-state index contributed by atoms with van der Waals surface area (Å²) in [5.74, 6) is 0.783. The third-order valence-electron chi connectivity index (χ3n) is 2.89. The predicted octanol–water partition coefficient (Wildman–Crippen LogP) is 2.14.